The second-order valence-corrected chi connectivity index (χ2v) is 8.85. The number of hydrogen-bond donors (Lipinski definition) is 0. The first-order valence-corrected chi connectivity index (χ1v) is 6.40. The molecule has 0 aliphatic rings. The number of hydrogen-bond acceptors (Lipinski definition) is 0. The molecular formula is C8H19OSi. The minimum Gasteiger partial charge on any atom is -0.297 e. The fourth-order valence-electron chi connectivity index (χ4n) is 1.31. The third-order valence-corrected chi connectivity index (χ3v) is 7.53. The van der Waals surface area contributed by atoms with Crippen LogP contribution in [0.15, 0.2) is 0 Å². The average molecular weight is 159 g/mol. The van der Waals surface area contributed by atoms with Gasteiger partial charge in [-0.2, -0.15) is 0 Å². The van der Waals surface area contributed by atoms with Crippen molar-refractivity contribution in [1.29, 1.82) is 0 Å². The lowest BCUT2D eigenvalue weighted by Crippen LogP contribution is -2.41. The molecule has 0 unspecified atom stereocenters. The molecule has 0 fully saturated rings. The highest BCUT2D eigenvalue weighted by atomic mass is 28.4. The van der Waals surface area contributed by atoms with Gasteiger partial charge in [-0.3, -0.25) is 4.80 Å². The van der Waals surface area contributed by atoms with Gasteiger partial charge in [0.1, 0.15) is 0 Å². The fourth-order valence-corrected chi connectivity index (χ4v) is 3.93. The first-order chi connectivity index (χ1) is 4.37. The Labute approximate surface area is 65.6 Å². The van der Waals surface area contributed by atoms with Crippen molar-refractivity contribution < 1.29 is 4.80 Å². The van der Waals surface area contributed by atoms with Crippen LogP contribution in [0, 0.1) is 0 Å². The van der Waals surface area contributed by atoms with E-state index in [1.165, 1.54) is 0 Å². The molecule has 2 heteroatoms. The maximum Gasteiger partial charge on any atom is 0.242 e. The molecule has 0 aromatic rings. The normalized spacial score (nSPS) is 13.8. The first-order valence-electron chi connectivity index (χ1n) is 4.08. The van der Waals surface area contributed by atoms with Crippen LogP contribution in [0.2, 0.25) is 17.1 Å². The van der Waals surface area contributed by atoms with Crippen LogP contribution in [0.1, 0.15) is 34.6 Å². The van der Waals surface area contributed by atoms with Crippen LogP contribution >= 0.6 is 0 Å². The summed E-state index contributed by atoms with van der Waals surface area (Å²) in [5, 5.41) is 0.0382. The lowest BCUT2D eigenvalue weighted by atomic mass is 10.2. The van der Waals surface area contributed by atoms with Crippen molar-refractivity contribution in [3.63, 3.8) is 0 Å². The van der Waals surface area contributed by atoms with Crippen LogP contribution < -0.4 is 0 Å². The summed E-state index contributed by atoms with van der Waals surface area (Å²) in [5.41, 5.74) is 0. The van der Waals surface area contributed by atoms with Crippen LogP contribution in [-0.4, -0.2) is 8.32 Å². The second-order valence-electron chi connectivity index (χ2n) is 3.95. The van der Waals surface area contributed by atoms with Gasteiger partial charge in [0, 0.05) is 0 Å². The van der Waals surface area contributed by atoms with Crippen LogP contribution in [0.25, 0.3) is 0 Å². The van der Waals surface area contributed by atoms with Gasteiger partial charge in [-0.15, -0.1) is 0 Å². The van der Waals surface area contributed by atoms with Gasteiger partial charge in [-0.05, 0) is 17.1 Å². The average Bonchev–Trinajstić information content (AvgIpc) is 1.84. The van der Waals surface area contributed by atoms with Gasteiger partial charge in [-0.1, -0.05) is 34.6 Å². The molecule has 0 spiro atoms. The molecule has 0 rings (SSSR count). The van der Waals surface area contributed by atoms with Crippen molar-refractivity contribution in [3.05, 3.63) is 0 Å². The van der Waals surface area contributed by atoms with Gasteiger partial charge in [0.05, 0.1) is 0 Å². The Morgan fingerprint density at radius 3 is 1.40 bits per heavy atom. The fraction of sp³-hybridized carbons (Fsp3) is 1.00. The molecule has 0 saturated carbocycles. The highest BCUT2D eigenvalue weighted by molar-refractivity contribution is 6.74. The van der Waals surface area contributed by atoms with Crippen molar-refractivity contribution in [1.82, 2.24) is 0 Å². The Morgan fingerprint density at radius 1 is 1.10 bits per heavy atom. The van der Waals surface area contributed by atoms with Crippen LogP contribution in [-0.2, 0) is 4.80 Å². The second kappa shape index (κ2) is 3.05. The predicted octanol–water partition coefficient (Wildman–Crippen LogP) is 3.20. The van der Waals surface area contributed by atoms with Gasteiger partial charge in [0.25, 0.3) is 0 Å². The molecule has 0 aliphatic heterocycles. The highest BCUT2D eigenvalue weighted by Gasteiger charge is 2.42. The molecule has 0 aromatic heterocycles. The molecule has 0 amide bonds. The van der Waals surface area contributed by atoms with Crippen molar-refractivity contribution in [2.75, 3.05) is 0 Å². The Bertz CT molecular complexity index is 100. The summed E-state index contributed by atoms with van der Waals surface area (Å²) in [6.45, 7) is 10.3. The first kappa shape index (κ1) is 10.2. The zero-order valence-electron chi connectivity index (χ0n) is 7.82. The molecular weight excluding hydrogens is 140 g/mol. The zero-order chi connectivity index (χ0) is 8.41. The summed E-state index contributed by atoms with van der Waals surface area (Å²) in [6.07, 6.45) is 0. The Kier molecular flexibility index (Phi) is 3.11. The topological polar surface area (TPSA) is 19.9 Å². The Hall–Kier alpha value is 0.177. The standard InChI is InChI=1S/C8H19OSi/c1-6-10(9,7-2)8(3,4)5/h6-7H2,1-5H3. The largest absolute Gasteiger partial charge is 0.297 e. The van der Waals surface area contributed by atoms with Crippen molar-refractivity contribution in [3.8, 4) is 0 Å². The molecule has 0 atom stereocenters. The van der Waals surface area contributed by atoms with Crippen LogP contribution in [0.3, 0.4) is 0 Å². The molecule has 0 aromatic carbocycles. The molecule has 0 aliphatic carbocycles. The molecule has 0 N–H and O–H groups in total. The predicted molar refractivity (Wildman–Crippen MR) is 47.1 cm³/mol. The third kappa shape index (κ3) is 1.83. The van der Waals surface area contributed by atoms with Gasteiger partial charge in [0.15, 0.2) is 0 Å². The maximum atomic E-state index is 12.0. The van der Waals surface area contributed by atoms with E-state index in [1.54, 1.807) is 0 Å². The van der Waals surface area contributed by atoms with E-state index in [0.717, 1.165) is 12.1 Å². The molecule has 0 saturated heterocycles. The summed E-state index contributed by atoms with van der Waals surface area (Å²) in [7, 11) is -2.15. The monoisotopic (exact) mass is 159 g/mol. The molecule has 1 nitrogen and oxygen atoms in total. The lowest BCUT2D eigenvalue weighted by Gasteiger charge is -2.33. The van der Waals surface area contributed by atoms with Crippen LogP contribution in [0.4, 0.5) is 0 Å². The maximum absolute atomic E-state index is 12.0. The van der Waals surface area contributed by atoms with Gasteiger partial charge >= 0.3 is 0 Å². The van der Waals surface area contributed by atoms with Gasteiger partial charge in [-0.25, -0.2) is 0 Å². The van der Waals surface area contributed by atoms with Crippen molar-refractivity contribution >= 4 is 8.32 Å². The molecule has 1 radical (unpaired) electrons. The lowest BCUT2D eigenvalue weighted by molar-refractivity contribution is 0.374. The molecule has 61 valence electrons. The van der Waals surface area contributed by atoms with E-state index in [4.69, 9.17) is 0 Å². The van der Waals surface area contributed by atoms with E-state index < -0.39 is 8.32 Å². The molecule has 0 bridgehead atoms. The van der Waals surface area contributed by atoms with E-state index in [-0.39, 0.29) is 5.04 Å². The van der Waals surface area contributed by atoms with Gasteiger partial charge in [0.2, 0.25) is 8.32 Å². The zero-order valence-corrected chi connectivity index (χ0v) is 8.82. The minimum absolute atomic E-state index is 0.0382. The highest BCUT2D eigenvalue weighted by Crippen LogP contribution is 2.39. The summed E-state index contributed by atoms with van der Waals surface area (Å²) in [4.78, 5) is 12.0. The van der Waals surface area contributed by atoms with E-state index in [1.807, 2.05) is 13.8 Å². The van der Waals surface area contributed by atoms with E-state index in [0.29, 0.717) is 0 Å². The van der Waals surface area contributed by atoms with Gasteiger partial charge < -0.3 is 0 Å². The minimum atomic E-state index is -2.15. The Morgan fingerprint density at radius 2 is 1.40 bits per heavy atom. The SMILES string of the molecule is CC[Si]([O])(CC)C(C)(C)C. The van der Waals surface area contributed by atoms with Crippen LogP contribution in [0.5, 0.6) is 0 Å². The summed E-state index contributed by atoms with van der Waals surface area (Å²) < 4.78 is 0. The van der Waals surface area contributed by atoms with E-state index in [2.05, 4.69) is 20.8 Å². The van der Waals surface area contributed by atoms with Crippen molar-refractivity contribution in [2.24, 2.45) is 0 Å². The van der Waals surface area contributed by atoms with Crippen molar-refractivity contribution in [2.45, 2.75) is 51.7 Å². The summed E-state index contributed by atoms with van der Waals surface area (Å²) in [6, 6.07) is 1.74. The number of rotatable bonds is 2. The molecule has 10 heavy (non-hydrogen) atoms. The van der Waals surface area contributed by atoms with E-state index >= 15 is 0 Å². The Balaban J connectivity index is 4.33. The molecule has 0 heterocycles. The third-order valence-electron chi connectivity index (χ3n) is 2.51. The summed E-state index contributed by atoms with van der Waals surface area (Å²) in [5.74, 6) is 0. The smallest absolute Gasteiger partial charge is 0.242 e. The van der Waals surface area contributed by atoms with E-state index in [9.17, 15) is 4.80 Å². The summed E-state index contributed by atoms with van der Waals surface area (Å²) >= 11 is 0. The quantitative estimate of drug-likeness (QED) is 0.551.